The van der Waals surface area contributed by atoms with Crippen molar-refractivity contribution in [3.8, 4) is 0 Å². The molecule has 0 heterocycles. The van der Waals surface area contributed by atoms with Gasteiger partial charge in [0.05, 0.1) is 0 Å². The van der Waals surface area contributed by atoms with E-state index in [0.29, 0.717) is 12.1 Å². The van der Waals surface area contributed by atoms with Crippen molar-refractivity contribution >= 4 is 0 Å². The Balaban J connectivity index is 1.81. The molecule has 0 spiro atoms. The predicted octanol–water partition coefficient (Wildman–Crippen LogP) is 1.69. The van der Waals surface area contributed by atoms with Gasteiger partial charge in [0.2, 0.25) is 0 Å². The molecule has 0 bridgehead atoms. The largest absolute Gasteiger partial charge is 0.396 e. The molecule has 1 aromatic rings. The zero-order valence-electron chi connectivity index (χ0n) is 8.67. The van der Waals surface area contributed by atoms with Gasteiger partial charge in [0.15, 0.2) is 0 Å². The SMILES string of the molecule is OCC1(CNCc2ccccc2F)CC1. The highest BCUT2D eigenvalue weighted by molar-refractivity contribution is 5.17. The summed E-state index contributed by atoms with van der Waals surface area (Å²) in [5.41, 5.74) is 0.775. The molecule has 0 saturated heterocycles. The van der Waals surface area contributed by atoms with E-state index in [1.54, 1.807) is 12.1 Å². The van der Waals surface area contributed by atoms with Crippen LogP contribution in [0.25, 0.3) is 0 Å². The van der Waals surface area contributed by atoms with Crippen molar-refractivity contribution in [3.63, 3.8) is 0 Å². The second-order valence-corrected chi connectivity index (χ2v) is 4.35. The van der Waals surface area contributed by atoms with Crippen molar-refractivity contribution < 1.29 is 9.50 Å². The van der Waals surface area contributed by atoms with Crippen LogP contribution >= 0.6 is 0 Å². The number of hydrogen-bond donors (Lipinski definition) is 2. The van der Waals surface area contributed by atoms with E-state index in [1.807, 2.05) is 6.07 Å². The summed E-state index contributed by atoms with van der Waals surface area (Å²) in [7, 11) is 0. The molecule has 3 heteroatoms. The van der Waals surface area contributed by atoms with E-state index < -0.39 is 0 Å². The molecule has 2 nitrogen and oxygen atoms in total. The molecule has 1 aromatic carbocycles. The summed E-state index contributed by atoms with van der Waals surface area (Å²) < 4.78 is 13.2. The standard InChI is InChI=1S/C12H16FNO/c13-11-4-2-1-3-10(11)7-14-8-12(9-15)5-6-12/h1-4,14-15H,5-9H2. The summed E-state index contributed by atoms with van der Waals surface area (Å²) in [4.78, 5) is 0. The van der Waals surface area contributed by atoms with Gasteiger partial charge in [-0.2, -0.15) is 0 Å². The third kappa shape index (κ3) is 2.55. The van der Waals surface area contributed by atoms with Gasteiger partial charge in [-0.05, 0) is 18.9 Å². The molecule has 2 N–H and O–H groups in total. The molecule has 1 aliphatic carbocycles. The van der Waals surface area contributed by atoms with Crippen LogP contribution in [0.5, 0.6) is 0 Å². The van der Waals surface area contributed by atoms with E-state index in [1.165, 1.54) is 6.07 Å². The number of aliphatic hydroxyl groups is 1. The fourth-order valence-electron chi connectivity index (χ4n) is 1.67. The lowest BCUT2D eigenvalue weighted by Crippen LogP contribution is -2.26. The van der Waals surface area contributed by atoms with Gasteiger partial charge in [0, 0.05) is 30.7 Å². The molecular formula is C12H16FNO. The van der Waals surface area contributed by atoms with Crippen LogP contribution in [-0.2, 0) is 6.54 Å². The molecule has 0 radical (unpaired) electrons. The molecule has 15 heavy (non-hydrogen) atoms. The predicted molar refractivity (Wildman–Crippen MR) is 56.9 cm³/mol. The van der Waals surface area contributed by atoms with Crippen LogP contribution in [0.15, 0.2) is 24.3 Å². The molecule has 0 unspecified atom stereocenters. The van der Waals surface area contributed by atoms with E-state index in [-0.39, 0.29) is 17.8 Å². The van der Waals surface area contributed by atoms with Crippen molar-refractivity contribution in [3.05, 3.63) is 35.6 Å². The molecule has 1 fully saturated rings. The summed E-state index contributed by atoms with van der Waals surface area (Å²) in [5.74, 6) is -0.168. The lowest BCUT2D eigenvalue weighted by Gasteiger charge is -2.12. The van der Waals surface area contributed by atoms with E-state index in [9.17, 15) is 4.39 Å². The second-order valence-electron chi connectivity index (χ2n) is 4.35. The number of halogens is 1. The molecule has 1 aliphatic rings. The maximum Gasteiger partial charge on any atom is 0.127 e. The molecular weight excluding hydrogens is 193 g/mol. The quantitative estimate of drug-likeness (QED) is 0.773. The number of hydrogen-bond acceptors (Lipinski definition) is 2. The molecule has 82 valence electrons. The number of aliphatic hydroxyl groups excluding tert-OH is 1. The zero-order valence-corrected chi connectivity index (χ0v) is 8.67. The fraction of sp³-hybridized carbons (Fsp3) is 0.500. The summed E-state index contributed by atoms with van der Waals surface area (Å²) in [5, 5.41) is 12.3. The Labute approximate surface area is 89.1 Å². The van der Waals surface area contributed by atoms with Crippen LogP contribution in [0.2, 0.25) is 0 Å². The van der Waals surface area contributed by atoms with E-state index in [2.05, 4.69) is 5.32 Å². The lowest BCUT2D eigenvalue weighted by molar-refractivity contribution is 0.207. The van der Waals surface area contributed by atoms with Gasteiger partial charge >= 0.3 is 0 Å². The highest BCUT2D eigenvalue weighted by Gasteiger charge is 2.41. The molecule has 0 atom stereocenters. The topological polar surface area (TPSA) is 32.3 Å². The molecule has 0 aliphatic heterocycles. The first-order valence-electron chi connectivity index (χ1n) is 5.31. The first-order chi connectivity index (χ1) is 7.26. The Kier molecular flexibility index (Phi) is 3.03. The molecule has 0 aromatic heterocycles. The van der Waals surface area contributed by atoms with Crippen LogP contribution < -0.4 is 5.32 Å². The summed E-state index contributed by atoms with van der Waals surface area (Å²) in [6, 6.07) is 6.77. The van der Waals surface area contributed by atoms with Gasteiger partial charge in [-0.3, -0.25) is 0 Å². The summed E-state index contributed by atoms with van der Waals surface area (Å²) in [6.07, 6.45) is 2.15. The van der Waals surface area contributed by atoms with Gasteiger partial charge in [-0.1, -0.05) is 18.2 Å². The van der Waals surface area contributed by atoms with E-state index >= 15 is 0 Å². The highest BCUT2D eigenvalue weighted by atomic mass is 19.1. The van der Waals surface area contributed by atoms with Crippen molar-refractivity contribution in [2.24, 2.45) is 5.41 Å². The lowest BCUT2D eigenvalue weighted by atomic mass is 10.1. The highest BCUT2D eigenvalue weighted by Crippen LogP contribution is 2.44. The second kappa shape index (κ2) is 4.29. The number of nitrogens with one attached hydrogen (secondary N) is 1. The van der Waals surface area contributed by atoms with Crippen LogP contribution in [-0.4, -0.2) is 18.3 Å². The average Bonchev–Trinajstić information content (AvgIpc) is 3.02. The summed E-state index contributed by atoms with van der Waals surface area (Å²) >= 11 is 0. The van der Waals surface area contributed by atoms with Gasteiger partial charge in [-0.15, -0.1) is 0 Å². The van der Waals surface area contributed by atoms with Gasteiger partial charge < -0.3 is 10.4 Å². The minimum Gasteiger partial charge on any atom is -0.396 e. The smallest absolute Gasteiger partial charge is 0.127 e. The first kappa shape index (κ1) is 10.6. The van der Waals surface area contributed by atoms with Crippen molar-refractivity contribution in [2.75, 3.05) is 13.2 Å². The molecule has 2 rings (SSSR count). The number of benzene rings is 1. The molecule has 0 amide bonds. The van der Waals surface area contributed by atoms with E-state index in [0.717, 1.165) is 19.4 Å². The van der Waals surface area contributed by atoms with Crippen molar-refractivity contribution in [1.82, 2.24) is 5.32 Å². The Morgan fingerprint density at radius 1 is 1.33 bits per heavy atom. The minimum atomic E-state index is -0.168. The van der Waals surface area contributed by atoms with Gasteiger partial charge in [-0.25, -0.2) is 4.39 Å². The zero-order chi connectivity index (χ0) is 10.7. The van der Waals surface area contributed by atoms with Gasteiger partial charge in [0.1, 0.15) is 5.82 Å². The Morgan fingerprint density at radius 3 is 2.67 bits per heavy atom. The maximum atomic E-state index is 13.2. The fourth-order valence-corrected chi connectivity index (χ4v) is 1.67. The van der Waals surface area contributed by atoms with Crippen LogP contribution in [0.1, 0.15) is 18.4 Å². The van der Waals surface area contributed by atoms with Gasteiger partial charge in [0.25, 0.3) is 0 Å². The van der Waals surface area contributed by atoms with Crippen molar-refractivity contribution in [2.45, 2.75) is 19.4 Å². The van der Waals surface area contributed by atoms with Crippen LogP contribution in [0.4, 0.5) is 4.39 Å². The maximum absolute atomic E-state index is 13.2. The monoisotopic (exact) mass is 209 g/mol. The third-order valence-electron chi connectivity index (χ3n) is 3.07. The Bertz CT molecular complexity index is 336. The Morgan fingerprint density at radius 2 is 2.07 bits per heavy atom. The Hall–Kier alpha value is -0.930. The minimum absolute atomic E-state index is 0.0885. The third-order valence-corrected chi connectivity index (χ3v) is 3.07. The summed E-state index contributed by atoms with van der Waals surface area (Å²) in [6.45, 7) is 1.55. The normalized spacial score (nSPS) is 17.7. The first-order valence-corrected chi connectivity index (χ1v) is 5.31. The van der Waals surface area contributed by atoms with Crippen LogP contribution in [0.3, 0.4) is 0 Å². The number of rotatable bonds is 5. The van der Waals surface area contributed by atoms with E-state index in [4.69, 9.17) is 5.11 Å². The average molecular weight is 209 g/mol. The molecule has 1 saturated carbocycles. The van der Waals surface area contributed by atoms with Crippen LogP contribution in [0, 0.1) is 11.2 Å². The van der Waals surface area contributed by atoms with Crippen molar-refractivity contribution in [1.29, 1.82) is 0 Å².